The van der Waals surface area contributed by atoms with Crippen molar-refractivity contribution in [2.45, 2.75) is 37.9 Å². The zero-order chi connectivity index (χ0) is 17.4. The summed E-state index contributed by atoms with van der Waals surface area (Å²) in [7, 11) is 0. The largest absolute Gasteiger partial charge is 0.481 e. The van der Waals surface area contributed by atoms with Crippen LogP contribution in [0.1, 0.15) is 19.8 Å². The van der Waals surface area contributed by atoms with Crippen LogP contribution >= 0.6 is 0 Å². The van der Waals surface area contributed by atoms with Crippen molar-refractivity contribution in [2.75, 3.05) is 0 Å². The Kier molecular flexibility index (Phi) is 7.52. The third-order valence-electron chi connectivity index (χ3n) is 2.48. The summed E-state index contributed by atoms with van der Waals surface area (Å²) in [6.07, 6.45) is -1.47. The van der Waals surface area contributed by atoms with Gasteiger partial charge in [0.15, 0.2) is 0 Å². The minimum Gasteiger partial charge on any atom is -0.481 e. The molecule has 0 bridgehead atoms. The average Bonchev–Trinajstić information content (AvgIpc) is 2.35. The maximum atomic E-state index is 11.7. The minimum absolute atomic E-state index is 0.642. The number of carbonyl (C=O) groups excluding carboxylic acids is 2. The average molecular weight is 319 g/mol. The van der Waals surface area contributed by atoms with Gasteiger partial charge in [0.05, 0.1) is 18.9 Å². The molecule has 0 aliphatic carbocycles. The molecule has 0 aliphatic heterocycles. The van der Waals surface area contributed by atoms with E-state index in [1.165, 1.54) is 6.92 Å². The number of nitrogens with two attached hydrogens (primary N) is 1. The van der Waals surface area contributed by atoms with Crippen LogP contribution in [-0.4, -0.2) is 63.2 Å². The van der Waals surface area contributed by atoms with Gasteiger partial charge in [-0.3, -0.25) is 19.2 Å². The van der Waals surface area contributed by atoms with E-state index >= 15 is 0 Å². The molecule has 2 amide bonds. The van der Waals surface area contributed by atoms with Crippen molar-refractivity contribution in [1.82, 2.24) is 10.6 Å². The number of carboxylic acids is 3. The first kappa shape index (κ1) is 19.3. The molecule has 0 heterocycles. The molecule has 0 spiro atoms. The van der Waals surface area contributed by atoms with Crippen LogP contribution in [0.25, 0.3) is 0 Å². The number of amides is 2. The van der Waals surface area contributed by atoms with E-state index in [4.69, 9.17) is 21.1 Å². The summed E-state index contributed by atoms with van der Waals surface area (Å²) >= 11 is 0. The lowest BCUT2D eigenvalue weighted by atomic mass is 10.1. The molecule has 0 fully saturated rings. The monoisotopic (exact) mass is 319 g/mol. The van der Waals surface area contributed by atoms with Crippen molar-refractivity contribution in [3.8, 4) is 0 Å². The van der Waals surface area contributed by atoms with Gasteiger partial charge in [-0.05, 0) is 6.92 Å². The molecule has 0 aromatic heterocycles. The van der Waals surface area contributed by atoms with E-state index < -0.39 is 60.7 Å². The smallest absolute Gasteiger partial charge is 0.326 e. The Bertz CT molecular complexity index is 478. The Hall–Kier alpha value is -2.69. The number of carbonyl (C=O) groups is 5. The van der Waals surface area contributed by atoms with Crippen LogP contribution in [0.15, 0.2) is 0 Å². The van der Waals surface area contributed by atoms with Gasteiger partial charge < -0.3 is 31.7 Å². The van der Waals surface area contributed by atoms with E-state index in [1.54, 1.807) is 0 Å². The van der Waals surface area contributed by atoms with Gasteiger partial charge in [-0.1, -0.05) is 0 Å². The van der Waals surface area contributed by atoms with Crippen molar-refractivity contribution in [3.05, 3.63) is 0 Å². The van der Waals surface area contributed by atoms with E-state index in [1.807, 2.05) is 5.32 Å². The Morgan fingerprint density at radius 1 is 0.909 bits per heavy atom. The first-order chi connectivity index (χ1) is 10.0. The van der Waals surface area contributed by atoms with Gasteiger partial charge in [0.1, 0.15) is 12.1 Å². The van der Waals surface area contributed by atoms with Crippen molar-refractivity contribution in [2.24, 2.45) is 5.73 Å². The highest BCUT2D eigenvalue weighted by molar-refractivity contribution is 5.93. The van der Waals surface area contributed by atoms with E-state index in [-0.39, 0.29) is 0 Å². The number of carboxylic acid groups (broad SMARTS) is 3. The summed E-state index contributed by atoms with van der Waals surface area (Å²) in [6.45, 7) is 1.21. The number of hydrogen-bond donors (Lipinski definition) is 6. The third-order valence-corrected chi connectivity index (χ3v) is 2.48. The molecule has 0 unspecified atom stereocenters. The highest BCUT2D eigenvalue weighted by Crippen LogP contribution is 1.96. The SMILES string of the molecule is C[C@H](NC(=O)[C@@H](N)CC(=O)O)C(=O)N[C@@H](CC(=O)O)C(=O)O. The third kappa shape index (κ3) is 7.19. The number of hydrogen-bond acceptors (Lipinski definition) is 6. The molecule has 22 heavy (non-hydrogen) atoms. The molecule has 11 heteroatoms. The summed E-state index contributed by atoms with van der Waals surface area (Å²) < 4.78 is 0. The van der Waals surface area contributed by atoms with Gasteiger partial charge in [0, 0.05) is 0 Å². The maximum absolute atomic E-state index is 11.7. The summed E-state index contributed by atoms with van der Waals surface area (Å²) in [4.78, 5) is 54.9. The lowest BCUT2D eigenvalue weighted by Crippen LogP contribution is -2.53. The second kappa shape index (κ2) is 8.56. The fourth-order valence-corrected chi connectivity index (χ4v) is 1.34. The molecule has 0 saturated carbocycles. The Morgan fingerprint density at radius 3 is 1.82 bits per heavy atom. The van der Waals surface area contributed by atoms with Crippen LogP contribution in [0.4, 0.5) is 0 Å². The second-order valence-corrected chi connectivity index (χ2v) is 4.43. The fourth-order valence-electron chi connectivity index (χ4n) is 1.34. The van der Waals surface area contributed by atoms with Crippen molar-refractivity contribution >= 4 is 29.7 Å². The molecule has 0 rings (SSSR count). The maximum Gasteiger partial charge on any atom is 0.326 e. The number of rotatable bonds is 9. The van der Waals surface area contributed by atoms with Crippen LogP contribution in [0.2, 0.25) is 0 Å². The summed E-state index contributed by atoms with van der Waals surface area (Å²) in [5.74, 6) is -6.11. The Balaban J connectivity index is 4.58. The van der Waals surface area contributed by atoms with Crippen LogP contribution in [0, 0.1) is 0 Å². The topological polar surface area (TPSA) is 196 Å². The molecular weight excluding hydrogens is 302 g/mol. The van der Waals surface area contributed by atoms with Crippen molar-refractivity contribution < 1.29 is 39.3 Å². The van der Waals surface area contributed by atoms with Crippen molar-refractivity contribution in [1.29, 1.82) is 0 Å². The van der Waals surface area contributed by atoms with Gasteiger partial charge in [-0.2, -0.15) is 0 Å². The Labute approximate surface area is 124 Å². The quantitative estimate of drug-likeness (QED) is 0.262. The van der Waals surface area contributed by atoms with E-state index in [0.717, 1.165) is 0 Å². The first-order valence-corrected chi connectivity index (χ1v) is 6.07. The number of nitrogens with one attached hydrogen (secondary N) is 2. The Morgan fingerprint density at radius 2 is 1.41 bits per heavy atom. The summed E-state index contributed by atoms with van der Waals surface area (Å²) in [5.41, 5.74) is 5.29. The fraction of sp³-hybridized carbons (Fsp3) is 0.545. The molecule has 11 nitrogen and oxygen atoms in total. The van der Waals surface area contributed by atoms with E-state index in [0.29, 0.717) is 0 Å². The molecule has 124 valence electrons. The molecule has 3 atom stereocenters. The molecule has 7 N–H and O–H groups in total. The second-order valence-electron chi connectivity index (χ2n) is 4.43. The van der Waals surface area contributed by atoms with E-state index in [9.17, 15) is 24.0 Å². The highest BCUT2D eigenvalue weighted by Gasteiger charge is 2.27. The van der Waals surface area contributed by atoms with Crippen LogP contribution in [-0.2, 0) is 24.0 Å². The lowest BCUT2D eigenvalue weighted by molar-refractivity contribution is -0.147. The van der Waals surface area contributed by atoms with Gasteiger partial charge >= 0.3 is 17.9 Å². The number of aliphatic carboxylic acids is 3. The molecule has 0 aromatic carbocycles. The zero-order valence-corrected chi connectivity index (χ0v) is 11.6. The van der Waals surface area contributed by atoms with Gasteiger partial charge in [0.25, 0.3) is 0 Å². The van der Waals surface area contributed by atoms with Crippen LogP contribution in [0.3, 0.4) is 0 Å². The zero-order valence-electron chi connectivity index (χ0n) is 11.6. The normalized spacial score (nSPS) is 14.3. The predicted molar refractivity (Wildman–Crippen MR) is 69.7 cm³/mol. The standard InChI is InChI=1S/C11H17N3O8/c1-4(13-10(20)5(12)2-7(15)16)9(19)14-6(11(21)22)3-8(17)18/h4-6H,2-3,12H2,1H3,(H,13,20)(H,14,19)(H,15,16)(H,17,18)(H,21,22)/t4-,5-,6-/m0/s1. The predicted octanol–water partition coefficient (Wildman–Crippen LogP) is -2.66. The minimum atomic E-state index is -1.66. The van der Waals surface area contributed by atoms with E-state index in [2.05, 4.69) is 5.32 Å². The molecule has 0 aromatic rings. The summed E-state index contributed by atoms with van der Waals surface area (Å²) in [6, 6.07) is -4.25. The van der Waals surface area contributed by atoms with Gasteiger partial charge in [-0.25, -0.2) is 4.79 Å². The van der Waals surface area contributed by atoms with Gasteiger partial charge in [-0.15, -0.1) is 0 Å². The lowest BCUT2D eigenvalue weighted by Gasteiger charge is -2.19. The highest BCUT2D eigenvalue weighted by atomic mass is 16.4. The molecule has 0 saturated heterocycles. The van der Waals surface area contributed by atoms with Crippen LogP contribution < -0.4 is 16.4 Å². The molecule has 0 radical (unpaired) electrons. The molecular formula is C11H17N3O8. The van der Waals surface area contributed by atoms with Gasteiger partial charge in [0.2, 0.25) is 11.8 Å². The first-order valence-electron chi connectivity index (χ1n) is 6.07. The van der Waals surface area contributed by atoms with Crippen molar-refractivity contribution in [3.63, 3.8) is 0 Å². The van der Waals surface area contributed by atoms with Crippen LogP contribution in [0.5, 0.6) is 0 Å². The molecule has 0 aliphatic rings. The summed E-state index contributed by atoms with van der Waals surface area (Å²) in [5, 5.41) is 29.8.